The van der Waals surface area contributed by atoms with Crippen LogP contribution in [0.15, 0.2) is 83.9 Å². The van der Waals surface area contributed by atoms with E-state index >= 15 is 0 Å². The highest BCUT2D eigenvalue weighted by Crippen LogP contribution is 2.22. The molecule has 8 heteroatoms. The number of fused-ring (bicyclic) bond motifs is 1. The number of likely N-dealkylation sites (N-methyl/N-ethyl adjacent to an activating group) is 1. The zero-order chi connectivity index (χ0) is 23.5. The van der Waals surface area contributed by atoms with Gasteiger partial charge in [-0.05, 0) is 55.0 Å². The van der Waals surface area contributed by atoms with Crippen LogP contribution in [0.1, 0.15) is 18.5 Å². The predicted molar refractivity (Wildman–Crippen MR) is 130 cm³/mol. The van der Waals surface area contributed by atoms with Crippen molar-refractivity contribution in [1.29, 1.82) is 0 Å². The van der Waals surface area contributed by atoms with Crippen molar-refractivity contribution in [2.45, 2.75) is 17.9 Å². The van der Waals surface area contributed by atoms with Crippen molar-refractivity contribution in [3.63, 3.8) is 0 Å². The van der Waals surface area contributed by atoms with Crippen LogP contribution in [0.2, 0.25) is 0 Å². The van der Waals surface area contributed by atoms with Crippen molar-refractivity contribution in [3.05, 3.63) is 84.6 Å². The number of rotatable bonds is 5. The third-order valence-electron chi connectivity index (χ3n) is 5.64. The van der Waals surface area contributed by atoms with Crippen LogP contribution in [0.3, 0.4) is 0 Å². The summed E-state index contributed by atoms with van der Waals surface area (Å²) in [7, 11) is 0.519. The summed E-state index contributed by atoms with van der Waals surface area (Å²) in [6, 6.07) is 21.9. The van der Waals surface area contributed by atoms with Gasteiger partial charge < -0.3 is 10.2 Å². The molecule has 4 aromatic rings. The summed E-state index contributed by atoms with van der Waals surface area (Å²) >= 11 is 0. The van der Waals surface area contributed by atoms with E-state index in [4.69, 9.17) is 0 Å². The van der Waals surface area contributed by atoms with Crippen LogP contribution in [0, 0.1) is 0 Å². The lowest BCUT2D eigenvalue weighted by molar-refractivity contribution is -0.143. The number of benzene rings is 3. The molecule has 168 valence electrons. The molecule has 4 rings (SSSR count). The molecule has 0 saturated carbocycles. The van der Waals surface area contributed by atoms with Gasteiger partial charge in [0.15, 0.2) is 0 Å². The smallest absolute Gasteiger partial charge is 0.313 e. The van der Waals surface area contributed by atoms with Gasteiger partial charge in [-0.25, -0.2) is 4.68 Å². The lowest BCUT2D eigenvalue weighted by Crippen LogP contribution is -2.38. The van der Waals surface area contributed by atoms with E-state index in [0.29, 0.717) is 10.6 Å². The minimum absolute atomic E-state index is 0.321. The number of nitrogens with zero attached hydrogens (tertiary/aromatic N) is 3. The zero-order valence-corrected chi connectivity index (χ0v) is 19.4. The SMILES string of the molecule is CC(c1ccc(S(C)=O)cc1)N(C)C(=O)C(=O)Nc1ccc(-n2ncc3ccccc32)cc1. The number of para-hydroxylation sites is 1. The second-order valence-corrected chi connectivity index (χ2v) is 9.11. The van der Waals surface area contributed by atoms with Crippen LogP contribution in [0.4, 0.5) is 5.69 Å². The van der Waals surface area contributed by atoms with Gasteiger partial charge in [-0.15, -0.1) is 0 Å². The normalized spacial score (nSPS) is 12.8. The van der Waals surface area contributed by atoms with E-state index < -0.39 is 22.6 Å². The Bertz CT molecular complexity index is 1330. The van der Waals surface area contributed by atoms with E-state index in [2.05, 4.69) is 10.4 Å². The number of anilines is 1. The van der Waals surface area contributed by atoms with Crippen molar-refractivity contribution < 1.29 is 13.8 Å². The van der Waals surface area contributed by atoms with Gasteiger partial charge in [0, 0.05) is 40.1 Å². The summed E-state index contributed by atoms with van der Waals surface area (Å²) in [5.74, 6) is -1.36. The Balaban J connectivity index is 1.43. The zero-order valence-electron chi connectivity index (χ0n) is 18.6. The van der Waals surface area contributed by atoms with E-state index in [9.17, 15) is 13.8 Å². The van der Waals surface area contributed by atoms with E-state index in [1.54, 1.807) is 43.8 Å². The fourth-order valence-corrected chi connectivity index (χ4v) is 4.07. The van der Waals surface area contributed by atoms with Gasteiger partial charge in [-0.2, -0.15) is 5.10 Å². The first-order valence-electron chi connectivity index (χ1n) is 10.4. The van der Waals surface area contributed by atoms with Crippen molar-refractivity contribution in [2.24, 2.45) is 0 Å². The van der Waals surface area contributed by atoms with Crippen LogP contribution in [-0.4, -0.2) is 44.0 Å². The maximum Gasteiger partial charge on any atom is 0.313 e. The quantitative estimate of drug-likeness (QED) is 0.458. The van der Waals surface area contributed by atoms with Gasteiger partial charge in [-0.3, -0.25) is 13.8 Å². The standard InChI is InChI=1S/C25H24N4O3S/c1-17(18-8-14-22(15-9-18)33(3)32)28(2)25(31)24(30)27-20-10-12-21(13-11-20)29-23-7-5-4-6-19(23)16-26-29/h4-17H,1-3H3,(H,27,30). The summed E-state index contributed by atoms with van der Waals surface area (Å²) < 4.78 is 13.4. The molecule has 0 aliphatic carbocycles. The van der Waals surface area contributed by atoms with Crippen LogP contribution in [0.5, 0.6) is 0 Å². The molecule has 0 fully saturated rings. The van der Waals surface area contributed by atoms with E-state index in [-0.39, 0.29) is 6.04 Å². The minimum Gasteiger partial charge on any atom is -0.331 e. The monoisotopic (exact) mass is 460 g/mol. The highest BCUT2D eigenvalue weighted by atomic mass is 32.2. The van der Waals surface area contributed by atoms with E-state index in [1.807, 2.05) is 60.1 Å². The Labute approximate surface area is 194 Å². The van der Waals surface area contributed by atoms with E-state index in [1.165, 1.54) is 4.90 Å². The van der Waals surface area contributed by atoms with Gasteiger partial charge >= 0.3 is 11.8 Å². The third kappa shape index (κ3) is 4.70. The molecule has 2 amide bonds. The van der Waals surface area contributed by atoms with Crippen molar-refractivity contribution in [1.82, 2.24) is 14.7 Å². The highest BCUT2D eigenvalue weighted by molar-refractivity contribution is 7.84. The average Bonchev–Trinajstić information content (AvgIpc) is 3.27. The molecule has 0 spiro atoms. The van der Waals surface area contributed by atoms with Gasteiger partial charge in [0.1, 0.15) is 0 Å². The van der Waals surface area contributed by atoms with Crippen LogP contribution in [-0.2, 0) is 20.4 Å². The Morgan fingerprint density at radius 1 is 1.00 bits per heavy atom. The summed E-state index contributed by atoms with van der Waals surface area (Å²) in [5.41, 5.74) is 3.20. The van der Waals surface area contributed by atoms with Gasteiger partial charge in [0.05, 0.1) is 23.4 Å². The largest absolute Gasteiger partial charge is 0.331 e. The average molecular weight is 461 g/mol. The minimum atomic E-state index is -1.07. The van der Waals surface area contributed by atoms with Gasteiger partial charge in [0.25, 0.3) is 0 Å². The summed E-state index contributed by atoms with van der Waals surface area (Å²) in [5, 5.41) is 8.12. The molecule has 33 heavy (non-hydrogen) atoms. The lowest BCUT2D eigenvalue weighted by atomic mass is 10.1. The molecule has 7 nitrogen and oxygen atoms in total. The van der Waals surface area contributed by atoms with Gasteiger partial charge in [-0.1, -0.05) is 30.3 Å². The molecule has 0 saturated heterocycles. The Kier molecular flexibility index (Phi) is 6.37. The number of amides is 2. The molecule has 1 aromatic heterocycles. The Hall–Kier alpha value is -3.78. The number of aromatic nitrogens is 2. The molecule has 3 aromatic carbocycles. The van der Waals surface area contributed by atoms with Crippen molar-refractivity contribution in [3.8, 4) is 5.69 Å². The molecule has 1 heterocycles. The fraction of sp³-hybridized carbons (Fsp3) is 0.160. The molecule has 2 unspecified atom stereocenters. The molecule has 1 N–H and O–H groups in total. The third-order valence-corrected chi connectivity index (χ3v) is 6.57. The topological polar surface area (TPSA) is 84.3 Å². The predicted octanol–water partition coefficient (Wildman–Crippen LogP) is 3.92. The maximum atomic E-state index is 12.7. The lowest BCUT2D eigenvalue weighted by Gasteiger charge is -2.25. The van der Waals surface area contributed by atoms with Crippen LogP contribution >= 0.6 is 0 Å². The van der Waals surface area contributed by atoms with Crippen molar-refractivity contribution in [2.75, 3.05) is 18.6 Å². The molecular weight excluding hydrogens is 436 g/mol. The first-order valence-corrected chi connectivity index (χ1v) is 12.0. The van der Waals surface area contributed by atoms with Gasteiger partial charge in [0.2, 0.25) is 0 Å². The first kappa shape index (κ1) is 22.4. The summed E-state index contributed by atoms with van der Waals surface area (Å²) in [4.78, 5) is 27.3. The molecule has 0 radical (unpaired) electrons. The number of hydrogen-bond acceptors (Lipinski definition) is 4. The van der Waals surface area contributed by atoms with E-state index in [0.717, 1.165) is 22.2 Å². The van der Waals surface area contributed by atoms with Crippen LogP contribution < -0.4 is 5.32 Å². The maximum absolute atomic E-state index is 12.7. The number of carbonyl (C=O) groups is 2. The summed E-state index contributed by atoms with van der Waals surface area (Å²) in [6.07, 6.45) is 3.41. The summed E-state index contributed by atoms with van der Waals surface area (Å²) in [6.45, 7) is 1.84. The number of carbonyl (C=O) groups excluding carboxylic acids is 2. The Morgan fingerprint density at radius 2 is 1.67 bits per heavy atom. The number of nitrogens with one attached hydrogen (secondary N) is 1. The molecular formula is C25H24N4O3S. The fourth-order valence-electron chi connectivity index (χ4n) is 3.55. The van der Waals surface area contributed by atoms with Crippen LogP contribution in [0.25, 0.3) is 16.6 Å². The second-order valence-electron chi connectivity index (χ2n) is 7.73. The second kappa shape index (κ2) is 9.38. The molecule has 0 aliphatic heterocycles. The van der Waals surface area contributed by atoms with Crippen molar-refractivity contribution >= 4 is 39.2 Å². The number of hydrogen-bond donors (Lipinski definition) is 1. The Morgan fingerprint density at radius 3 is 2.33 bits per heavy atom. The first-order chi connectivity index (χ1) is 15.8. The molecule has 0 bridgehead atoms. The molecule has 0 aliphatic rings. The molecule has 2 atom stereocenters. The highest BCUT2D eigenvalue weighted by Gasteiger charge is 2.24.